The van der Waals surface area contributed by atoms with Crippen LogP contribution in [-0.2, 0) is 11.2 Å². The summed E-state index contributed by atoms with van der Waals surface area (Å²) >= 11 is 3.11. The van der Waals surface area contributed by atoms with E-state index in [4.69, 9.17) is 0 Å². The fraction of sp³-hybridized carbons (Fsp3) is 0.667. The number of thioether (sulfide) groups is 1. The van der Waals surface area contributed by atoms with Gasteiger partial charge >= 0.3 is 6.18 Å². The number of rotatable bonds is 4. The summed E-state index contributed by atoms with van der Waals surface area (Å²) in [5, 5.41) is 7.15. The highest BCUT2D eigenvalue weighted by Crippen LogP contribution is 2.39. The molecule has 9 heteroatoms. The quantitative estimate of drug-likeness (QED) is 0.840. The average Bonchev–Trinajstić information content (AvgIpc) is 3.03. The summed E-state index contributed by atoms with van der Waals surface area (Å²) < 4.78 is 40.1. The van der Waals surface area contributed by atoms with Crippen LogP contribution in [0.1, 0.15) is 15.7 Å². The molecular weight excluding hydrogens is 359 g/mol. The van der Waals surface area contributed by atoms with E-state index >= 15 is 0 Å². The zero-order valence-corrected chi connectivity index (χ0v) is 14.7. The molecule has 4 nitrogen and oxygen atoms in total. The molecule has 1 amide bonds. The second kappa shape index (κ2) is 7.63. The van der Waals surface area contributed by atoms with Crippen LogP contribution < -0.4 is 10.6 Å². The van der Waals surface area contributed by atoms with E-state index in [9.17, 15) is 18.0 Å². The lowest BCUT2D eigenvalue weighted by molar-refractivity contribution is -0.184. The van der Waals surface area contributed by atoms with Crippen LogP contribution in [0.5, 0.6) is 0 Å². The Labute approximate surface area is 147 Å². The van der Waals surface area contributed by atoms with Crippen molar-refractivity contribution in [3.63, 3.8) is 0 Å². The summed E-state index contributed by atoms with van der Waals surface area (Å²) in [4.78, 5) is 15.0. The minimum atomic E-state index is -4.35. The summed E-state index contributed by atoms with van der Waals surface area (Å²) in [7, 11) is 0. The van der Waals surface area contributed by atoms with Gasteiger partial charge in [0.1, 0.15) is 11.3 Å². The molecule has 0 saturated carbocycles. The zero-order valence-electron chi connectivity index (χ0n) is 13.1. The molecule has 1 aromatic heterocycles. The number of hydrogen-bond acceptors (Lipinski definition) is 5. The predicted molar refractivity (Wildman–Crippen MR) is 90.5 cm³/mol. The number of piperazine rings is 1. The normalized spacial score (nSPS) is 23.5. The van der Waals surface area contributed by atoms with Gasteiger partial charge in [0.15, 0.2) is 0 Å². The molecular formula is C15H20F3N3OS2. The fourth-order valence-corrected chi connectivity index (χ4v) is 5.42. The number of carbonyl (C=O) groups excluding carboxylic acids is 1. The molecule has 3 heterocycles. The molecule has 2 unspecified atom stereocenters. The van der Waals surface area contributed by atoms with E-state index in [1.54, 1.807) is 11.3 Å². The number of carbonyl (C=O) groups is 1. The van der Waals surface area contributed by atoms with Gasteiger partial charge in [0.25, 0.3) is 0 Å². The zero-order chi connectivity index (χ0) is 17.2. The number of amides is 1. The molecule has 134 valence electrons. The van der Waals surface area contributed by atoms with Crippen molar-refractivity contribution in [2.75, 3.05) is 38.5 Å². The van der Waals surface area contributed by atoms with Gasteiger partial charge < -0.3 is 10.6 Å². The van der Waals surface area contributed by atoms with Crippen molar-refractivity contribution in [3.05, 3.63) is 21.9 Å². The maximum atomic E-state index is 13.4. The van der Waals surface area contributed by atoms with Crippen molar-refractivity contribution in [2.24, 2.45) is 0 Å². The second-order valence-corrected chi connectivity index (χ2v) is 8.10. The number of fused-ring (bicyclic) bond motifs is 1. The summed E-state index contributed by atoms with van der Waals surface area (Å²) in [6.45, 7) is 1.37. The van der Waals surface area contributed by atoms with Gasteiger partial charge in [-0.1, -0.05) is 0 Å². The lowest BCUT2D eigenvalue weighted by Gasteiger charge is -2.36. The SMILES string of the molecule is O=C(NCC(N1CCNCC1)C(F)(F)F)C1SCCc2sccc21. The Balaban J connectivity index is 1.63. The van der Waals surface area contributed by atoms with E-state index in [1.165, 1.54) is 21.5 Å². The third-order valence-corrected chi connectivity index (χ3v) is 6.59. The van der Waals surface area contributed by atoms with Crippen molar-refractivity contribution in [3.8, 4) is 0 Å². The molecule has 0 spiro atoms. The lowest BCUT2D eigenvalue weighted by Crippen LogP contribution is -2.57. The molecule has 2 aliphatic heterocycles. The van der Waals surface area contributed by atoms with E-state index < -0.39 is 24.0 Å². The number of halogens is 3. The van der Waals surface area contributed by atoms with Crippen LogP contribution >= 0.6 is 23.1 Å². The highest BCUT2D eigenvalue weighted by atomic mass is 32.2. The number of nitrogens with zero attached hydrogens (tertiary/aromatic N) is 1. The summed E-state index contributed by atoms with van der Waals surface area (Å²) in [6.07, 6.45) is -3.43. The van der Waals surface area contributed by atoms with Crippen LogP contribution in [0.2, 0.25) is 0 Å². The van der Waals surface area contributed by atoms with Crippen molar-refractivity contribution >= 4 is 29.0 Å². The first-order valence-electron chi connectivity index (χ1n) is 7.94. The van der Waals surface area contributed by atoms with E-state index in [2.05, 4.69) is 10.6 Å². The maximum Gasteiger partial charge on any atom is 0.405 e. The first kappa shape index (κ1) is 18.0. The van der Waals surface area contributed by atoms with Gasteiger partial charge in [0.2, 0.25) is 5.91 Å². The largest absolute Gasteiger partial charge is 0.405 e. The topological polar surface area (TPSA) is 44.4 Å². The number of hydrogen-bond donors (Lipinski definition) is 2. The van der Waals surface area contributed by atoms with Gasteiger partial charge in [-0.15, -0.1) is 23.1 Å². The van der Waals surface area contributed by atoms with Gasteiger partial charge in [-0.2, -0.15) is 13.2 Å². The smallest absolute Gasteiger partial charge is 0.353 e. The van der Waals surface area contributed by atoms with Gasteiger partial charge in [0, 0.05) is 37.6 Å². The Morgan fingerprint density at radius 2 is 2.17 bits per heavy atom. The third kappa shape index (κ3) is 4.07. The van der Waals surface area contributed by atoms with Crippen LogP contribution in [0, 0.1) is 0 Å². The Morgan fingerprint density at radius 1 is 1.42 bits per heavy atom. The van der Waals surface area contributed by atoms with E-state index in [-0.39, 0.29) is 5.91 Å². The molecule has 24 heavy (non-hydrogen) atoms. The minimum Gasteiger partial charge on any atom is -0.353 e. The van der Waals surface area contributed by atoms with E-state index in [0.717, 1.165) is 17.7 Å². The minimum absolute atomic E-state index is 0.316. The molecule has 1 saturated heterocycles. The molecule has 0 aromatic carbocycles. The highest BCUT2D eigenvalue weighted by Gasteiger charge is 2.44. The Bertz CT molecular complexity index is 573. The van der Waals surface area contributed by atoms with Crippen molar-refractivity contribution in [1.29, 1.82) is 0 Å². The van der Waals surface area contributed by atoms with Crippen LogP contribution in [-0.4, -0.2) is 61.5 Å². The Morgan fingerprint density at radius 3 is 2.88 bits per heavy atom. The van der Waals surface area contributed by atoms with Crippen molar-refractivity contribution < 1.29 is 18.0 Å². The Kier molecular flexibility index (Phi) is 5.74. The molecule has 0 bridgehead atoms. The molecule has 0 radical (unpaired) electrons. The van der Waals surface area contributed by atoms with Crippen molar-refractivity contribution in [1.82, 2.24) is 15.5 Å². The number of alkyl halides is 3. The van der Waals surface area contributed by atoms with Crippen LogP contribution in [0.15, 0.2) is 11.4 Å². The van der Waals surface area contributed by atoms with Crippen LogP contribution in [0.4, 0.5) is 13.2 Å². The standard InChI is InChI=1S/C15H20F3N3OS2/c16-15(17,18)12(21-5-3-19-4-6-21)9-20-14(22)13-10-1-7-23-11(10)2-8-24-13/h1,7,12-13,19H,2-6,8-9H2,(H,20,22). The van der Waals surface area contributed by atoms with E-state index in [0.29, 0.717) is 26.2 Å². The van der Waals surface area contributed by atoms with Gasteiger partial charge in [0.05, 0.1) is 0 Å². The molecule has 2 aliphatic rings. The van der Waals surface area contributed by atoms with Gasteiger partial charge in [-0.3, -0.25) is 9.69 Å². The van der Waals surface area contributed by atoms with Crippen LogP contribution in [0.25, 0.3) is 0 Å². The van der Waals surface area contributed by atoms with E-state index in [1.807, 2.05) is 11.4 Å². The molecule has 2 N–H and O–H groups in total. The number of aryl methyl sites for hydroxylation is 1. The summed E-state index contributed by atoms with van der Waals surface area (Å²) in [6, 6.07) is 0.285. The van der Waals surface area contributed by atoms with Gasteiger partial charge in [-0.05, 0) is 29.2 Å². The lowest BCUT2D eigenvalue weighted by atomic mass is 10.1. The average molecular weight is 379 g/mol. The summed E-state index contributed by atoms with van der Waals surface area (Å²) in [5.74, 6) is 0.510. The number of nitrogens with one attached hydrogen (secondary N) is 2. The van der Waals surface area contributed by atoms with Crippen molar-refractivity contribution in [2.45, 2.75) is 23.9 Å². The molecule has 3 rings (SSSR count). The fourth-order valence-electron chi connectivity index (χ4n) is 3.10. The van der Waals surface area contributed by atoms with Crippen LogP contribution in [0.3, 0.4) is 0 Å². The monoisotopic (exact) mass is 379 g/mol. The first-order valence-corrected chi connectivity index (χ1v) is 9.86. The number of thiophene rings is 1. The summed E-state index contributed by atoms with van der Waals surface area (Å²) in [5.41, 5.74) is 0.958. The second-order valence-electron chi connectivity index (χ2n) is 5.89. The highest BCUT2D eigenvalue weighted by molar-refractivity contribution is 8.00. The molecule has 0 aliphatic carbocycles. The third-order valence-electron chi connectivity index (χ3n) is 4.35. The first-order chi connectivity index (χ1) is 11.5. The predicted octanol–water partition coefficient (Wildman–Crippen LogP) is 2.03. The molecule has 1 aromatic rings. The maximum absolute atomic E-state index is 13.4. The Hall–Kier alpha value is -0.770. The molecule has 1 fully saturated rings. The molecule has 2 atom stereocenters. The van der Waals surface area contributed by atoms with Gasteiger partial charge in [-0.25, -0.2) is 0 Å².